The Bertz CT molecular complexity index is 1360. The Kier molecular flexibility index (Phi) is 5.32. The third kappa shape index (κ3) is 3.41. The van der Waals surface area contributed by atoms with Gasteiger partial charge < -0.3 is 20.9 Å². The van der Waals surface area contributed by atoms with Crippen molar-refractivity contribution in [2.24, 2.45) is 5.92 Å². The Morgan fingerprint density at radius 1 is 1.32 bits per heavy atom. The van der Waals surface area contributed by atoms with E-state index < -0.39 is 23.9 Å². The Hall–Kier alpha value is -4.13. The van der Waals surface area contributed by atoms with Crippen molar-refractivity contribution in [1.29, 1.82) is 5.26 Å². The van der Waals surface area contributed by atoms with E-state index in [0.29, 0.717) is 53.9 Å². The molecule has 1 saturated carbocycles. The van der Waals surface area contributed by atoms with Gasteiger partial charge in [0.15, 0.2) is 5.82 Å². The number of amides is 1. The van der Waals surface area contributed by atoms with Crippen LogP contribution < -0.4 is 20.7 Å². The molecule has 4 N–H and O–H groups in total. The molecule has 34 heavy (non-hydrogen) atoms. The first-order valence-corrected chi connectivity index (χ1v) is 11.1. The summed E-state index contributed by atoms with van der Waals surface area (Å²) in [5.74, 6) is -0.353. The minimum absolute atomic E-state index is 0.0782. The SMILES string of the molecule is Cc1c(-c2cc3cc(N(C(=O)O)[C@@H]4CCC[C@@H]4C#N)ncc3c(N)c2F)cnc2c1NCCO2. The smallest absolute Gasteiger partial charge is 0.413 e. The number of nitrogens with one attached hydrogen (secondary N) is 1. The molecule has 9 nitrogen and oxygen atoms in total. The van der Waals surface area contributed by atoms with E-state index in [1.54, 1.807) is 18.3 Å². The zero-order chi connectivity index (χ0) is 24.0. The van der Waals surface area contributed by atoms with Gasteiger partial charge in [-0.3, -0.25) is 4.90 Å². The summed E-state index contributed by atoms with van der Waals surface area (Å²) in [4.78, 5) is 21.9. The van der Waals surface area contributed by atoms with E-state index in [4.69, 9.17) is 10.5 Å². The highest BCUT2D eigenvalue weighted by Crippen LogP contribution is 2.40. The number of nitrogens with two attached hydrogens (primary N) is 1. The number of rotatable bonds is 3. The summed E-state index contributed by atoms with van der Waals surface area (Å²) in [6, 6.07) is 4.93. The molecule has 174 valence electrons. The van der Waals surface area contributed by atoms with Gasteiger partial charge in [-0.1, -0.05) is 0 Å². The summed E-state index contributed by atoms with van der Waals surface area (Å²) in [5, 5.41) is 23.5. The number of nitrogens with zero attached hydrogens (tertiary/aromatic N) is 4. The maximum atomic E-state index is 15.4. The number of aromatic nitrogens is 2. The fraction of sp³-hybridized carbons (Fsp3) is 0.333. The predicted molar refractivity (Wildman–Crippen MR) is 125 cm³/mol. The number of anilines is 3. The minimum Gasteiger partial charge on any atom is -0.474 e. The van der Waals surface area contributed by atoms with Crippen LogP contribution in [0.1, 0.15) is 24.8 Å². The molecule has 0 saturated heterocycles. The van der Waals surface area contributed by atoms with Gasteiger partial charge in [-0.25, -0.2) is 19.2 Å². The number of fused-ring (bicyclic) bond motifs is 2. The van der Waals surface area contributed by atoms with Crippen LogP contribution in [-0.4, -0.2) is 40.4 Å². The van der Waals surface area contributed by atoms with Crippen LogP contribution >= 0.6 is 0 Å². The van der Waals surface area contributed by atoms with Crippen LogP contribution in [0.5, 0.6) is 5.88 Å². The highest BCUT2D eigenvalue weighted by molar-refractivity contribution is 5.99. The summed E-state index contributed by atoms with van der Waals surface area (Å²) in [5.41, 5.74) is 8.35. The monoisotopic (exact) mass is 462 g/mol. The fourth-order valence-corrected chi connectivity index (χ4v) is 4.92. The molecule has 2 aromatic heterocycles. The molecular weight excluding hydrogens is 439 g/mol. The van der Waals surface area contributed by atoms with Crippen molar-refractivity contribution in [1.82, 2.24) is 9.97 Å². The summed E-state index contributed by atoms with van der Waals surface area (Å²) in [6.45, 7) is 2.97. The molecule has 2 aliphatic rings. The van der Waals surface area contributed by atoms with Crippen molar-refractivity contribution in [2.45, 2.75) is 32.2 Å². The van der Waals surface area contributed by atoms with E-state index in [9.17, 15) is 15.2 Å². The predicted octanol–water partition coefficient (Wildman–Crippen LogP) is 4.31. The molecule has 0 radical (unpaired) electrons. The molecule has 3 aromatic rings. The second kappa shape index (κ2) is 8.33. The van der Waals surface area contributed by atoms with Gasteiger partial charge >= 0.3 is 6.09 Å². The lowest BCUT2D eigenvalue weighted by Crippen LogP contribution is -2.42. The Balaban J connectivity index is 1.65. The van der Waals surface area contributed by atoms with Crippen molar-refractivity contribution >= 4 is 34.1 Å². The first-order chi connectivity index (χ1) is 16.4. The van der Waals surface area contributed by atoms with Gasteiger partial charge in [0.05, 0.1) is 23.7 Å². The number of pyridine rings is 2. The Labute approximate surface area is 195 Å². The van der Waals surface area contributed by atoms with E-state index >= 15 is 4.39 Å². The second-order valence-corrected chi connectivity index (χ2v) is 8.55. The highest BCUT2D eigenvalue weighted by atomic mass is 19.1. The standard InChI is InChI=1S/C24H23FN6O3/c1-12-16(10-30-23-22(12)28-5-6-34-23)15-7-14-8-19(29-11-17(14)21(27)20(15)25)31(24(32)33)18-4-2-3-13(18)9-26/h7-8,10-11,13,18,28H,2-6,27H2,1H3,(H,32,33)/t13-,18-/m1/s1. The zero-order valence-electron chi connectivity index (χ0n) is 18.5. The van der Waals surface area contributed by atoms with Crippen LogP contribution in [0.2, 0.25) is 0 Å². The van der Waals surface area contributed by atoms with Crippen molar-refractivity contribution in [3.8, 4) is 23.1 Å². The van der Waals surface area contributed by atoms with Gasteiger partial charge in [0.2, 0.25) is 5.88 Å². The fourth-order valence-electron chi connectivity index (χ4n) is 4.92. The van der Waals surface area contributed by atoms with E-state index in [1.165, 1.54) is 6.20 Å². The highest BCUT2D eigenvalue weighted by Gasteiger charge is 2.36. The maximum absolute atomic E-state index is 15.4. The summed E-state index contributed by atoms with van der Waals surface area (Å²) >= 11 is 0. The third-order valence-electron chi connectivity index (χ3n) is 6.65. The van der Waals surface area contributed by atoms with Gasteiger partial charge in [-0.15, -0.1) is 0 Å². The minimum atomic E-state index is -1.19. The topological polar surface area (TPSA) is 137 Å². The number of nitriles is 1. The van der Waals surface area contributed by atoms with E-state index in [-0.39, 0.29) is 17.1 Å². The molecule has 1 fully saturated rings. The summed E-state index contributed by atoms with van der Waals surface area (Å²) < 4.78 is 21.0. The van der Waals surface area contributed by atoms with Gasteiger partial charge in [-0.2, -0.15) is 5.26 Å². The molecule has 0 spiro atoms. The summed E-state index contributed by atoms with van der Waals surface area (Å²) in [7, 11) is 0. The van der Waals surface area contributed by atoms with Crippen molar-refractivity contribution in [3.63, 3.8) is 0 Å². The van der Waals surface area contributed by atoms with Gasteiger partial charge in [0.1, 0.15) is 18.1 Å². The quantitative estimate of drug-likeness (QED) is 0.490. The van der Waals surface area contributed by atoms with E-state index in [2.05, 4.69) is 21.4 Å². The second-order valence-electron chi connectivity index (χ2n) is 8.55. The number of carbonyl (C=O) groups is 1. The molecule has 0 unspecified atom stereocenters. The first-order valence-electron chi connectivity index (χ1n) is 11.1. The molecule has 3 heterocycles. The Morgan fingerprint density at radius 2 is 2.15 bits per heavy atom. The molecule has 1 aliphatic carbocycles. The molecule has 1 amide bonds. The lowest BCUT2D eigenvalue weighted by atomic mass is 9.97. The van der Waals surface area contributed by atoms with Crippen LogP contribution in [0.3, 0.4) is 0 Å². The number of nitrogen functional groups attached to an aromatic ring is 1. The molecule has 2 atom stereocenters. The van der Waals surface area contributed by atoms with Crippen molar-refractivity contribution in [2.75, 3.05) is 29.1 Å². The number of hydrogen-bond donors (Lipinski definition) is 3. The normalized spacial score (nSPS) is 19.1. The van der Waals surface area contributed by atoms with Gasteiger partial charge in [0.25, 0.3) is 0 Å². The number of carboxylic acid groups (broad SMARTS) is 1. The van der Waals surface area contributed by atoms with E-state index in [1.807, 2.05) is 6.92 Å². The van der Waals surface area contributed by atoms with Crippen LogP contribution in [0.25, 0.3) is 21.9 Å². The van der Waals surface area contributed by atoms with Crippen molar-refractivity contribution < 1.29 is 19.0 Å². The van der Waals surface area contributed by atoms with Crippen LogP contribution in [0.15, 0.2) is 24.5 Å². The van der Waals surface area contributed by atoms with Crippen molar-refractivity contribution in [3.05, 3.63) is 35.9 Å². The molecule has 1 aliphatic heterocycles. The molecule has 1 aromatic carbocycles. The third-order valence-corrected chi connectivity index (χ3v) is 6.65. The first kappa shape index (κ1) is 21.7. The molecule has 5 rings (SSSR count). The van der Waals surface area contributed by atoms with Crippen LogP contribution in [0, 0.1) is 30.0 Å². The largest absolute Gasteiger partial charge is 0.474 e. The van der Waals surface area contributed by atoms with Crippen LogP contribution in [-0.2, 0) is 0 Å². The molecular formula is C24H23FN6O3. The van der Waals surface area contributed by atoms with Gasteiger partial charge in [-0.05, 0) is 49.3 Å². The van der Waals surface area contributed by atoms with Crippen LogP contribution in [0.4, 0.5) is 26.4 Å². The summed E-state index contributed by atoms with van der Waals surface area (Å²) in [6.07, 6.45) is 3.73. The lowest BCUT2D eigenvalue weighted by Gasteiger charge is -2.27. The zero-order valence-corrected chi connectivity index (χ0v) is 18.5. The Morgan fingerprint density at radius 3 is 2.91 bits per heavy atom. The average Bonchev–Trinajstić information content (AvgIpc) is 3.30. The van der Waals surface area contributed by atoms with Gasteiger partial charge in [0, 0.05) is 35.5 Å². The number of halogens is 1. The number of hydrogen-bond acceptors (Lipinski definition) is 7. The lowest BCUT2D eigenvalue weighted by molar-refractivity contribution is 0.197. The molecule has 10 heteroatoms. The number of ether oxygens (including phenoxy) is 1. The number of benzene rings is 1. The van der Waals surface area contributed by atoms with E-state index in [0.717, 1.165) is 16.9 Å². The molecule has 0 bridgehead atoms. The maximum Gasteiger partial charge on any atom is 0.413 e. The average molecular weight is 462 g/mol.